The number of para-hydroxylation sites is 1. The van der Waals surface area contributed by atoms with Crippen LogP contribution in [0.4, 0.5) is 0 Å². The molecule has 0 atom stereocenters. The predicted octanol–water partition coefficient (Wildman–Crippen LogP) is 4.31. The lowest BCUT2D eigenvalue weighted by atomic mass is 9.91. The van der Waals surface area contributed by atoms with Gasteiger partial charge in [0.25, 0.3) is 0 Å². The van der Waals surface area contributed by atoms with Crippen molar-refractivity contribution in [2.75, 3.05) is 6.54 Å². The predicted molar refractivity (Wildman–Crippen MR) is 92.0 cm³/mol. The largest absolute Gasteiger partial charge is 0.350 e. The number of hydrogen-bond acceptors (Lipinski definition) is 2. The van der Waals surface area contributed by atoms with Crippen molar-refractivity contribution in [3.8, 4) is 0 Å². The molecule has 0 aliphatic heterocycles. The maximum Gasteiger partial charge on any atom is 0.0481 e. The number of benzene rings is 1. The molecular formula is C18H22N2S. The lowest BCUT2D eigenvalue weighted by molar-refractivity contribution is 0.477. The third-order valence-electron chi connectivity index (χ3n) is 4.05. The van der Waals surface area contributed by atoms with Gasteiger partial charge in [-0.15, -0.1) is 11.3 Å². The molecule has 110 valence electrons. The number of aromatic nitrogens is 1. The van der Waals surface area contributed by atoms with Crippen molar-refractivity contribution >= 4 is 22.2 Å². The van der Waals surface area contributed by atoms with Gasteiger partial charge in [-0.2, -0.15) is 0 Å². The van der Waals surface area contributed by atoms with Gasteiger partial charge >= 0.3 is 0 Å². The van der Waals surface area contributed by atoms with E-state index in [2.05, 4.69) is 78.8 Å². The summed E-state index contributed by atoms with van der Waals surface area (Å²) in [5, 5.41) is 7.13. The molecule has 0 saturated carbocycles. The van der Waals surface area contributed by atoms with Crippen molar-refractivity contribution in [3.05, 3.63) is 58.4 Å². The second-order valence-electron chi connectivity index (χ2n) is 6.25. The third kappa shape index (κ3) is 2.89. The van der Waals surface area contributed by atoms with Crippen LogP contribution in [0.1, 0.15) is 24.3 Å². The summed E-state index contributed by atoms with van der Waals surface area (Å²) >= 11 is 1.84. The third-order valence-corrected chi connectivity index (χ3v) is 5.29. The fraction of sp³-hybridized carbons (Fsp3) is 0.333. The molecular weight excluding hydrogens is 276 g/mol. The second-order valence-corrected chi connectivity index (χ2v) is 7.19. The minimum atomic E-state index is 0.179. The maximum absolute atomic E-state index is 3.63. The number of fused-ring (bicyclic) bond motifs is 1. The first-order valence-electron chi connectivity index (χ1n) is 7.35. The molecule has 2 heterocycles. The average molecular weight is 298 g/mol. The van der Waals surface area contributed by atoms with E-state index in [4.69, 9.17) is 0 Å². The topological polar surface area (TPSA) is 17.0 Å². The van der Waals surface area contributed by atoms with Crippen LogP contribution in [-0.4, -0.2) is 11.1 Å². The Morgan fingerprint density at radius 3 is 2.71 bits per heavy atom. The van der Waals surface area contributed by atoms with Crippen LogP contribution < -0.4 is 5.32 Å². The fourth-order valence-corrected chi connectivity index (χ4v) is 3.68. The molecule has 2 aromatic heterocycles. The quantitative estimate of drug-likeness (QED) is 0.743. The minimum Gasteiger partial charge on any atom is -0.350 e. The summed E-state index contributed by atoms with van der Waals surface area (Å²) in [4.78, 5) is 1.44. The van der Waals surface area contributed by atoms with Gasteiger partial charge in [0.15, 0.2) is 0 Å². The molecule has 3 heteroatoms. The zero-order valence-electron chi connectivity index (χ0n) is 12.9. The van der Waals surface area contributed by atoms with Crippen LogP contribution in [0.2, 0.25) is 0 Å². The van der Waals surface area contributed by atoms with Crippen molar-refractivity contribution in [1.82, 2.24) is 9.88 Å². The Hall–Kier alpha value is -1.58. The van der Waals surface area contributed by atoms with Gasteiger partial charge in [0.1, 0.15) is 0 Å². The van der Waals surface area contributed by atoms with E-state index in [1.165, 1.54) is 21.3 Å². The van der Waals surface area contributed by atoms with Crippen LogP contribution >= 0.6 is 11.3 Å². The van der Waals surface area contributed by atoms with Crippen molar-refractivity contribution in [2.24, 2.45) is 7.05 Å². The van der Waals surface area contributed by atoms with E-state index in [0.717, 1.165) is 13.1 Å². The number of thiophene rings is 1. The number of aryl methyl sites for hydroxylation is 1. The highest BCUT2D eigenvalue weighted by atomic mass is 32.1. The summed E-state index contributed by atoms with van der Waals surface area (Å²) in [6.45, 7) is 6.50. The fourth-order valence-electron chi connectivity index (χ4n) is 2.83. The molecule has 1 aromatic carbocycles. The Morgan fingerprint density at radius 1 is 1.14 bits per heavy atom. The number of rotatable bonds is 5. The van der Waals surface area contributed by atoms with E-state index in [0.29, 0.717) is 0 Å². The van der Waals surface area contributed by atoms with E-state index in [1.54, 1.807) is 0 Å². The summed E-state index contributed by atoms with van der Waals surface area (Å²) in [7, 11) is 2.11. The molecule has 0 aliphatic rings. The first-order valence-corrected chi connectivity index (χ1v) is 8.23. The van der Waals surface area contributed by atoms with Gasteiger partial charge in [-0.05, 0) is 23.1 Å². The number of hydrogen-bond donors (Lipinski definition) is 1. The number of nitrogens with one attached hydrogen (secondary N) is 1. The van der Waals surface area contributed by atoms with Gasteiger partial charge in [0, 0.05) is 47.5 Å². The number of nitrogens with zero attached hydrogens (tertiary/aromatic N) is 1. The van der Waals surface area contributed by atoms with Crippen molar-refractivity contribution < 1.29 is 0 Å². The molecule has 0 bridgehead atoms. The standard InChI is InChI=1S/C18H22N2S/c1-18(2,17-9-6-10-21-17)13-19-11-14-12-20(3)16-8-5-4-7-15(14)16/h4-10,12,19H,11,13H2,1-3H3. The highest BCUT2D eigenvalue weighted by Crippen LogP contribution is 2.27. The molecule has 0 radical (unpaired) electrons. The van der Waals surface area contributed by atoms with E-state index in [-0.39, 0.29) is 5.41 Å². The normalized spacial score (nSPS) is 12.1. The van der Waals surface area contributed by atoms with Gasteiger partial charge in [-0.25, -0.2) is 0 Å². The summed E-state index contributed by atoms with van der Waals surface area (Å²) in [6, 6.07) is 12.9. The Balaban J connectivity index is 1.70. The van der Waals surface area contributed by atoms with Crippen molar-refractivity contribution in [2.45, 2.75) is 25.8 Å². The molecule has 1 N–H and O–H groups in total. The van der Waals surface area contributed by atoms with E-state index in [9.17, 15) is 0 Å². The summed E-state index contributed by atoms with van der Waals surface area (Å²) in [6.07, 6.45) is 2.23. The van der Waals surface area contributed by atoms with Crippen LogP contribution in [0, 0.1) is 0 Å². The molecule has 3 rings (SSSR count). The van der Waals surface area contributed by atoms with Gasteiger partial charge in [0.2, 0.25) is 0 Å². The maximum atomic E-state index is 3.63. The summed E-state index contributed by atoms with van der Waals surface area (Å²) < 4.78 is 2.21. The summed E-state index contributed by atoms with van der Waals surface area (Å²) in [5.41, 5.74) is 2.85. The van der Waals surface area contributed by atoms with Crippen LogP contribution in [0.3, 0.4) is 0 Å². The van der Waals surface area contributed by atoms with Crippen molar-refractivity contribution in [3.63, 3.8) is 0 Å². The SMILES string of the molecule is Cn1cc(CNCC(C)(C)c2cccs2)c2ccccc21. The lowest BCUT2D eigenvalue weighted by Crippen LogP contribution is -2.31. The molecule has 21 heavy (non-hydrogen) atoms. The second kappa shape index (κ2) is 5.66. The van der Waals surface area contributed by atoms with Crippen LogP contribution in [-0.2, 0) is 19.0 Å². The highest BCUT2D eigenvalue weighted by molar-refractivity contribution is 7.10. The Kier molecular flexibility index (Phi) is 3.87. The molecule has 2 nitrogen and oxygen atoms in total. The van der Waals surface area contributed by atoms with Crippen molar-refractivity contribution in [1.29, 1.82) is 0 Å². The van der Waals surface area contributed by atoms with Gasteiger partial charge in [-0.3, -0.25) is 0 Å². The molecule has 0 amide bonds. The first-order chi connectivity index (χ1) is 10.1. The van der Waals surface area contributed by atoms with E-state index >= 15 is 0 Å². The Labute approximate surface area is 130 Å². The average Bonchev–Trinajstić information content (AvgIpc) is 3.09. The molecule has 0 unspecified atom stereocenters. The minimum absolute atomic E-state index is 0.179. The molecule has 0 saturated heterocycles. The van der Waals surface area contributed by atoms with Gasteiger partial charge < -0.3 is 9.88 Å². The molecule has 3 aromatic rings. The lowest BCUT2D eigenvalue weighted by Gasteiger charge is -2.23. The summed E-state index contributed by atoms with van der Waals surface area (Å²) in [5.74, 6) is 0. The van der Waals surface area contributed by atoms with Gasteiger partial charge in [-0.1, -0.05) is 38.1 Å². The monoisotopic (exact) mass is 298 g/mol. The molecule has 0 spiro atoms. The van der Waals surface area contributed by atoms with Crippen LogP contribution in [0.25, 0.3) is 10.9 Å². The zero-order chi connectivity index (χ0) is 14.9. The van der Waals surface area contributed by atoms with Crippen LogP contribution in [0.5, 0.6) is 0 Å². The Morgan fingerprint density at radius 2 is 1.95 bits per heavy atom. The van der Waals surface area contributed by atoms with Crippen LogP contribution in [0.15, 0.2) is 48.0 Å². The first kappa shape index (κ1) is 14.4. The van der Waals surface area contributed by atoms with E-state index in [1.807, 2.05) is 11.3 Å². The van der Waals surface area contributed by atoms with Gasteiger partial charge in [0.05, 0.1) is 0 Å². The highest BCUT2D eigenvalue weighted by Gasteiger charge is 2.21. The molecule has 0 fully saturated rings. The Bertz CT molecular complexity index is 723. The zero-order valence-corrected chi connectivity index (χ0v) is 13.7. The smallest absolute Gasteiger partial charge is 0.0481 e. The molecule has 0 aliphatic carbocycles. The van der Waals surface area contributed by atoms with E-state index < -0.39 is 0 Å².